The van der Waals surface area contributed by atoms with E-state index in [0.29, 0.717) is 28.9 Å². The molecule has 8 heteroatoms. The fraction of sp³-hybridized carbons (Fsp3) is 0.214. The van der Waals surface area contributed by atoms with Gasteiger partial charge in [-0.3, -0.25) is 0 Å². The number of halogens is 2. The van der Waals surface area contributed by atoms with Crippen LogP contribution in [-0.4, -0.2) is 15.2 Å². The highest BCUT2D eigenvalue weighted by Crippen LogP contribution is 2.25. The van der Waals surface area contributed by atoms with Gasteiger partial charge in [-0.25, -0.2) is 9.37 Å². The van der Waals surface area contributed by atoms with E-state index in [2.05, 4.69) is 31.1 Å². The van der Waals surface area contributed by atoms with Crippen molar-refractivity contribution in [3.8, 4) is 0 Å². The molecule has 0 aliphatic carbocycles. The zero-order chi connectivity index (χ0) is 15.5. The number of hydrogen-bond donors (Lipinski definition) is 0. The summed E-state index contributed by atoms with van der Waals surface area (Å²) in [5, 5.41) is 11.4. The minimum atomic E-state index is -0.250. The lowest BCUT2D eigenvalue weighted by atomic mass is 10.2. The third kappa shape index (κ3) is 3.93. The van der Waals surface area contributed by atoms with Crippen molar-refractivity contribution in [2.24, 2.45) is 0 Å². The third-order valence-corrected chi connectivity index (χ3v) is 5.00. The topological polar surface area (TPSA) is 51.8 Å². The van der Waals surface area contributed by atoms with Crippen molar-refractivity contribution >= 4 is 39.0 Å². The zero-order valence-electron chi connectivity index (χ0n) is 11.5. The molecule has 0 aliphatic heterocycles. The molecule has 0 N–H and O–H groups in total. The van der Waals surface area contributed by atoms with Crippen LogP contribution in [0, 0.1) is 12.7 Å². The summed E-state index contributed by atoms with van der Waals surface area (Å²) < 4.78 is 20.0. The van der Waals surface area contributed by atoms with Crippen LogP contribution in [0.4, 0.5) is 4.39 Å². The first-order valence-electron chi connectivity index (χ1n) is 6.40. The molecule has 1 aromatic carbocycles. The lowest BCUT2D eigenvalue weighted by Crippen LogP contribution is -1.88. The summed E-state index contributed by atoms with van der Waals surface area (Å²) in [5.74, 6) is 0.708. The fourth-order valence-electron chi connectivity index (χ4n) is 1.79. The molecule has 22 heavy (non-hydrogen) atoms. The lowest BCUT2D eigenvalue weighted by Gasteiger charge is -2.01. The van der Waals surface area contributed by atoms with Crippen LogP contribution in [0.2, 0.25) is 0 Å². The van der Waals surface area contributed by atoms with Crippen LogP contribution in [0.3, 0.4) is 0 Å². The van der Waals surface area contributed by atoms with Gasteiger partial charge in [0.1, 0.15) is 5.82 Å². The van der Waals surface area contributed by atoms with Crippen LogP contribution in [-0.2, 0) is 12.2 Å². The number of hydrogen-bond acceptors (Lipinski definition) is 6. The van der Waals surface area contributed by atoms with Crippen molar-refractivity contribution in [1.82, 2.24) is 15.2 Å². The average molecular weight is 400 g/mol. The van der Waals surface area contributed by atoms with Crippen LogP contribution >= 0.6 is 39.0 Å². The molecule has 0 bridgehead atoms. The Morgan fingerprint density at radius 3 is 2.95 bits per heavy atom. The maximum atomic E-state index is 13.7. The van der Waals surface area contributed by atoms with Gasteiger partial charge in [0.25, 0.3) is 5.22 Å². The molecule has 0 aliphatic rings. The van der Waals surface area contributed by atoms with Crippen LogP contribution < -0.4 is 0 Å². The molecule has 2 heterocycles. The quantitative estimate of drug-likeness (QED) is 0.585. The number of benzene rings is 1. The molecular weight excluding hydrogens is 389 g/mol. The Morgan fingerprint density at radius 2 is 2.23 bits per heavy atom. The molecule has 0 fully saturated rings. The van der Waals surface area contributed by atoms with Crippen molar-refractivity contribution in [2.75, 3.05) is 0 Å². The molecule has 0 radical (unpaired) electrons. The van der Waals surface area contributed by atoms with E-state index in [9.17, 15) is 4.39 Å². The molecule has 0 amide bonds. The van der Waals surface area contributed by atoms with Gasteiger partial charge in [0.2, 0.25) is 5.89 Å². The van der Waals surface area contributed by atoms with E-state index >= 15 is 0 Å². The van der Waals surface area contributed by atoms with Gasteiger partial charge in [0.15, 0.2) is 0 Å². The van der Waals surface area contributed by atoms with E-state index in [-0.39, 0.29) is 5.82 Å². The maximum Gasteiger partial charge on any atom is 0.276 e. The van der Waals surface area contributed by atoms with Gasteiger partial charge in [-0.05, 0) is 24.6 Å². The number of aromatic nitrogens is 3. The van der Waals surface area contributed by atoms with Gasteiger partial charge < -0.3 is 4.42 Å². The first-order chi connectivity index (χ1) is 10.6. The van der Waals surface area contributed by atoms with Crippen molar-refractivity contribution in [3.63, 3.8) is 0 Å². The number of nitrogens with zero attached hydrogens (tertiary/aromatic N) is 3. The Bertz CT molecular complexity index is 790. The maximum absolute atomic E-state index is 13.7. The fourth-order valence-corrected chi connectivity index (χ4v) is 3.50. The number of thiazole rings is 1. The van der Waals surface area contributed by atoms with Crippen LogP contribution in [0.1, 0.15) is 22.2 Å². The number of aryl methyl sites for hydroxylation is 1. The second kappa shape index (κ2) is 6.89. The predicted molar refractivity (Wildman–Crippen MR) is 87.6 cm³/mol. The van der Waals surface area contributed by atoms with Crippen molar-refractivity contribution in [1.29, 1.82) is 0 Å². The minimum absolute atomic E-state index is 0.250. The van der Waals surface area contributed by atoms with E-state index in [1.54, 1.807) is 17.4 Å². The molecule has 0 atom stereocenters. The van der Waals surface area contributed by atoms with Crippen LogP contribution in [0.15, 0.2) is 37.7 Å². The molecule has 114 valence electrons. The second-order valence-electron chi connectivity index (χ2n) is 4.52. The molecule has 4 nitrogen and oxygen atoms in total. The summed E-state index contributed by atoms with van der Waals surface area (Å²) >= 11 is 6.14. The highest BCUT2D eigenvalue weighted by Gasteiger charge is 2.11. The monoisotopic (exact) mass is 399 g/mol. The molecule has 3 aromatic rings. The Hall–Kier alpha value is -1.25. The van der Waals surface area contributed by atoms with E-state index in [4.69, 9.17) is 4.42 Å². The summed E-state index contributed by atoms with van der Waals surface area (Å²) in [6.45, 7) is 1.95. The van der Waals surface area contributed by atoms with Gasteiger partial charge in [-0.15, -0.1) is 21.5 Å². The van der Waals surface area contributed by atoms with Gasteiger partial charge in [0.05, 0.1) is 17.1 Å². The minimum Gasteiger partial charge on any atom is -0.416 e. The number of rotatable bonds is 5. The van der Waals surface area contributed by atoms with Crippen molar-refractivity contribution in [2.45, 2.75) is 24.3 Å². The Labute approximate surface area is 143 Å². The molecular formula is C14H11BrFN3OS2. The molecule has 0 saturated heterocycles. The predicted octanol–water partition coefficient (Wildman–Crippen LogP) is 4.62. The Balaban J connectivity index is 1.62. The van der Waals surface area contributed by atoms with Crippen LogP contribution in [0.5, 0.6) is 0 Å². The first kappa shape index (κ1) is 15.6. The van der Waals surface area contributed by atoms with Gasteiger partial charge in [-0.2, -0.15) is 0 Å². The Kier molecular flexibility index (Phi) is 4.90. The normalized spacial score (nSPS) is 11.0. The van der Waals surface area contributed by atoms with Crippen molar-refractivity contribution in [3.05, 3.63) is 56.0 Å². The van der Waals surface area contributed by atoms with E-state index < -0.39 is 0 Å². The van der Waals surface area contributed by atoms with Crippen LogP contribution in [0.25, 0.3) is 0 Å². The highest BCUT2D eigenvalue weighted by molar-refractivity contribution is 9.10. The van der Waals surface area contributed by atoms with Gasteiger partial charge >= 0.3 is 0 Å². The summed E-state index contributed by atoms with van der Waals surface area (Å²) in [4.78, 5) is 4.36. The molecule has 0 spiro atoms. The summed E-state index contributed by atoms with van der Waals surface area (Å²) in [6.07, 6.45) is 0.518. The number of thioether (sulfide) groups is 1. The van der Waals surface area contributed by atoms with Gasteiger partial charge in [-0.1, -0.05) is 33.8 Å². The molecule has 3 rings (SSSR count). The van der Waals surface area contributed by atoms with Gasteiger partial charge in [0, 0.05) is 15.6 Å². The molecule has 2 aromatic heterocycles. The highest BCUT2D eigenvalue weighted by atomic mass is 79.9. The molecule has 0 unspecified atom stereocenters. The smallest absolute Gasteiger partial charge is 0.276 e. The van der Waals surface area contributed by atoms with E-state index in [0.717, 1.165) is 15.2 Å². The summed E-state index contributed by atoms with van der Waals surface area (Å²) in [7, 11) is 0. The van der Waals surface area contributed by atoms with E-state index in [1.165, 1.54) is 17.8 Å². The van der Waals surface area contributed by atoms with E-state index in [1.807, 2.05) is 18.4 Å². The first-order valence-corrected chi connectivity index (χ1v) is 9.06. The summed E-state index contributed by atoms with van der Waals surface area (Å²) in [5.41, 5.74) is 1.52. The largest absolute Gasteiger partial charge is 0.416 e. The zero-order valence-corrected chi connectivity index (χ0v) is 14.8. The summed E-state index contributed by atoms with van der Waals surface area (Å²) in [6, 6.07) is 4.99. The standard InChI is InChI=1S/C14H11BrFN3OS2/c1-8-17-11(7-21-8)5-13-18-19-14(20-13)22-6-9-2-3-10(15)4-12(9)16/h2-4,7H,5-6H2,1H3. The second-order valence-corrected chi connectivity index (χ2v) is 7.43. The third-order valence-electron chi connectivity index (χ3n) is 2.81. The lowest BCUT2D eigenvalue weighted by molar-refractivity contribution is 0.419. The van der Waals surface area contributed by atoms with Crippen molar-refractivity contribution < 1.29 is 8.81 Å². The SMILES string of the molecule is Cc1nc(Cc2nnc(SCc3ccc(Br)cc3F)o2)cs1. The molecule has 0 saturated carbocycles. The average Bonchev–Trinajstić information content (AvgIpc) is 3.08. The Morgan fingerprint density at radius 1 is 1.36 bits per heavy atom.